The maximum atomic E-state index is 11.8. The van der Waals surface area contributed by atoms with E-state index < -0.39 is 24.1 Å². The summed E-state index contributed by atoms with van der Waals surface area (Å²) < 4.78 is 40.4. The molecule has 0 aromatic rings. The summed E-state index contributed by atoms with van der Waals surface area (Å²) in [6.45, 7) is 1.93. The molecule has 0 saturated carbocycles. The summed E-state index contributed by atoms with van der Waals surface area (Å²) in [5, 5.41) is 8.87. The topological polar surface area (TPSA) is 72.5 Å². The van der Waals surface area contributed by atoms with Crippen LogP contribution in [-0.2, 0) is 9.53 Å². The smallest absolute Gasteiger partial charge is 0.389 e. The van der Waals surface area contributed by atoms with Gasteiger partial charge in [-0.25, -0.2) is 0 Å². The fraction of sp³-hybridized carbons (Fsp3) is 0.909. The van der Waals surface area contributed by atoms with Gasteiger partial charge in [-0.2, -0.15) is 13.2 Å². The van der Waals surface area contributed by atoms with E-state index in [2.05, 4.69) is 0 Å². The Hall–Kier alpha value is -0.820. The summed E-state index contributed by atoms with van der Waals surface area (Å²) in [5.41, 5.74) is 4.37. The maximum absolute atomic E-state index is 11.8. The van der Waals surface area contributed by atoms with Crippen LogP contribution in [0.3, 0.4) is 0 Å². The highest BCUT2D eigenvalue weighted by Crippen LogP contribution is 2.21. The fourth-order valence-corrected chi connectivity index (χ4v) is 1.40. The SMILES string of the molecule is CCC(N)(CCCOCCCC(F)(F)F)C(=O)O. The Kier molecular flexibility index (Phi) is 7.23. The molecule has 0 saturated heterocycles. The van der Waals surface area contributed by atoms with Crippen LogP contribution in [0.25, 0.3) is 0 Å². The van der Waals surface area contributed by atoms with Gasteiger partial charge in [-0.05, 0) is 25.7 Å². The van der Waals surface area contributed by atoms with Gasteiger partial charge in [0.15, 0.2) is 0 Å². The first-order valence-electron chi connectivity index (χ1n) is 5.88. The van der Waals surface area contributed by atoms with Gasteiger partial charge in [0.05, 0.1) is 0 Å². The Morgan fingerprint density at radius 3 is 2.11 bits per heavy atom. The molecule has 7 heteroatoms. The van der Waals surface area contributed by atoms with Crippen LogP contribution in [0.15, 0.2) is 0 Å². The standard InChI is InChI=1S/C11H20F3NO3/c1-2-10(15,9(16)17)5-3-7-18-8-4-6-11(12,13)14/h2-8,15H2,1H3,(H,16,17). The van der Waals surface area contributed by atoms with E-state index >= 15 is 0 Å². The zero-order chi connectivity index (χ0) is 14.2. The van der Waals surface area contributed by atoms with E-state index in [9.17, 15) is 18.0 Å². The molecule has 0 bridgehead atoms. The van der Waals surface area contributed by atoms with Crippen LogP contribution in [0.2, 0.25) is 0 Å². The second-order valence-electron chi connectivity index (χ2n) is 4.25. The Bertz CT molecular complexity index is 258. The number of carboxylic acid groups (broad SMARTS) is 1. The minimum absolute atomic E-state index is 0.0241. The molecule has 4 nitrogen and oxygen atoms in total. The Morgan fingerprint density at radius 1 is 1.22 bits per heavy atom. The van der Waals surface area contributed by atoms with Crippen LogP contribution in [0, 0.1) is 0 Å². The van der Waals surface area contributed by atoms with Crippen molar-refractivity contribution in [1.29, 1.82) is 0 Å². The largest absolute Gasteiger partial charge is 0.480 e. The highest BCUT2D eigenvalue weighted by atomic mass is 19.4. The normalized spacial score (nSPS) is 15.4. The number of hydrogen-bond acceptors (Lipinski definition) is 3. The molecule has 0 aliphatic rings. The number of hydrogen-bond donors (Lipinski definition) is 2. The molecule has 18 heavy (non-hydrogen) atoms. The minimum atomic E-state index is -4.15. The van der Waals surface area contributed by atoms with Crippen LogP contribution in [0.4, 0.5) is 13.2 Å². The molecule has 3 N–H and O–H groups in total. The number of ether oxygens (including phenoxy) is 1. The molecular formula is C11H20F3NO3. The molecule has 0 spiro atoms. The molecule has 0 aliphatic heterocycles. The highest BCUT2D eigenvalue weighted by molar-refractivity contribution is 5.78. The summed E-state index contributed by atoms with van der Waals surface area (Å²) in [6, 6.07) is 0. The second kappa shape index (κ2) is 7.58. The van der Waals surface area contributed by atoms with Crippen LogP contribution in [-0.4, -0.2) is 36.0 Å². The number of alkyl halides is 3. The van der Waals surface area contributed by atoms with Crippen molar-refractivity contribution in [2.45, 2.75) is 50.7 Å². The van der Waals surface area contributed by atoms with Crippen molar-refractivity contribution in [2.75, 3.05) is 13.2 Å². The Balaban J connectivity index is 3.60. The van der Waals surface area contributed by atoms with Gasteiger partial charge < -0.3 is 15.6 Å². The molecule has 0 rings (SSSR count). The van der Waals surface area contributed by atoms with E-state index in [0.717, 1.165) is 0 Å². The van der Waals surface area contributed by atoms with E-state index in [1.165, 1.54) is 0 Å². The van der Waals surface area contributed by atoms with Gasteiger partial charge in [-0.15, -0.1) is 0 Å². The van der Waals surface area contributed by atoms with Crippen LogP contribution < -0.4 is 5.73 Å². The van der Waals surface area contributed by atoms with Gasteiger partial charge >= 0.3 is 12.1 Å². The minimum Gasteiger partial charge on any atom is -0.480 e. The molecule has 0 amide bonds. The monoisotopic (exact) mass is 271 g/mol. The third-order valence-corrected chi connectivity index (χ3v) is 2.72. The zero-order valence-corrected chi connectivity index (χ0v) is 10.4. The van der Waals surface area contributed by atoms with Gasteiger partial charge in [-0.1, -0.05) is 6.92 Å². The lowest BCUT2D eigenvalue weighted by Crippen LogP contribution is -2.47. The van der Waals surface area contributed by atoms with Crippen molar-refractivity contribution in [3.8, 4) is 0 Å². The van der Waals surface area contributed by atoms with Crippen LogP contribution >= 0.6 is 0 Å². The Labute approximate surface area is 104 Å². The lowest BCUT2D eigenvalue weighted by Gasteiger charge is -2.22. The van der Waals surface area contributed by atoms with Crippen molar-refractivity contribution in [3.05, 3.63) is 0 Å². The van der Waals surface area contributed by atoms with Gasteiger partial charge in [0.25, 0.3) is 0 Å². The molecular weight excluding hydrogens is 251 g/mol. The number of halogens is 3. The van der Waals surface area contributed by atoms with Crippen molar-refractivity contribution < 1.29 is 27.8 Å². The number of rotatable bonds is 9. The highest BCUT2D eigenvalue weighted by Gasteiger charge is 2.31. The summed E-state index contributed by atoms with van der Waals surface area (Å²) in [4.78, 5) is 10.8. The second-order valence-corrected chi connectivity index (χ2v) is 4.25. The zero-order valence-electron chi connectivity index (χ0n) is 10.4. The number of aliphatic carboxylic acids is 1. The van der Waals surface area contributed by atoms with Crippen molar-refractivity contribution in [2.24, 2.45) is 5.73 Å². The number of carbonyl (C=O) groups is 1. The van der Waals surface area contributed by atoms with Gasteiger partial charge in [0.1, 0.15) is 5.54 Å². The first-order chi connectivity index (χ1) is 8.21. The number of carboxylic acids is 1. The molecule has 0 radical (unpaired) electrons. The van der Waals surface area contributed by atoms with Crippen molar-refractivity contribution in [3.63, 3.8) is 0 Å². The molecule has 108 valence electrons. The van der Waals surface area contributed by atoms with Crippen LogP contribution in [0.5, 0.6) is 0 Å². The van der Waals surface area contributed by atoms with E-state index in [1.54, 1.807) is 6.92 Å². The molecule has 0 fully saturated rings. The fourth-order valence-electron chi connectivity index (χ4n) is 1.40. The first-order valence-corrected chi connectivity index (χ1v) is 5.88. The maximum Gasteiger partial charge on any atom is 0.389 e. The van der Waals surface area contributed by atoms with E-state index in [4.69, 9.17) is 15.6 Å². The predicted molar refractivity (Wildman–Crippen MR) is 60.2 cm³/mol. The average Bonchev–Trinajstić information content (AvgIpc) is 2.25. The molecule has 0 aromatic carbocycles. The summed E-state index contributed by atoms with van der Waals surface area (Å²) in [6.07, 6.45) is -4.12. The lowest BCUT2D eigenvalue weighted by atomic mass is 9.92. The van der Waals surface area contributed by atoms with Gasteiger partial charge in [0, 0.05) is 19.6 Å². The number of nitrogens with two attached hydrogens (primary N) is 1. The lowest BCUT2D eigenvalue weighted by molar-refractivity contribution is -0.144. The Morgan fingerprint density at radius 2 is 1.72 bits per heavy atom. The molecule has 0 aliphatic carbocycles. The van der Waals surface area contributed by atoms with Crippen LogP contribution in [0.1, 0.15) is 39.0 Å². The summed E-state index contributed by atoms with van der Waals surface area (Å²) in [5.74, 6) is -1.07. The van der Waals surface area contributed by atoms with E-state index in [0.29, 0.717) is 12.8 Å². The molecule has 0 aromatic heterocycles. The third-order valence-electron chi connectivity index (χ3n) is 2.72. The third kappa shape index (κ3) is 7.50. The van der Waals surface area contributed by atoms with E-state index in [-0.39, 0.29) is 26.1 Å². The van der Waals surface area contributed by atoms with Gasteiger partial charge in [0.2, 0.25) is 0 Å². The summed E-state index contributed by atoms with van der Waals surface area (Å²) >= 11 is 0. The summed E-state index contributed by atoms with van der Waals surface area (Å²) in [7, 11) is 0. The van der Waals surface area contributed by atoms with Gasteiger partial charge in [-0.3, -0.25) is 4.79 Å². The van der Waals surface area contributed by atoms with Crippen molar-refractivity contribution >= 4 is 5.97 Å². The molecule has 1 atom stereocenters. The van der Waals surface area contributed by atoms with E-state index in [1.807, 2.05) is 0 Å². The molecule has 0 heterocycles. The first kappa shape index (κ1) is 17.2. The quantitative estimate of drug-likeness (QED) is 0.631. The predicted octanol–water partition coefficient (Wildman–Crippen LogP) is 2.32. The average molecular weight is 271 g/mol. The van der Waals surface area contributed by atoms with Crippen molar-refractivity contribution in [1.82, 2.24) is 0 Å². The molecule has 1 unspecified atom stereocenters.